The molecular weight excluding hydrogens is 556 g/mol. The van der Waals surface area contributed by atoms with Crippen LogP contribution in [0.15, 0.2) is 48.0 Å². The van der Waals surface area contributed by atoms with Crippen molar-refractivity contribution in [3.8, 4) is 0 Å². The number of nitrogens with one attached hydrogen (secondary N) is 5. The van der Waals surface area contributed by atoms with Crippen molar-refractivity contribution in [3.63, 3.8) is 0 Å². The molecule has 0 bridgehead atoms. The molecule has 43 heavy (non-hydrogen) atoms. The molecule has 15 nitrogen and oxygen atoms in total. The summed E-state index contributed by atoms with van der Waals surface area (Å²) in [7, 11) is 0. The van der Waals surface area contributed by atoms with Crippen molar-refractivity contribution in [3.05, 3.63) is 54.2 Å². The summed E-state index contributed by atoms with van der Waals surface area (Å²) in [5.41, 5.74) is 19.0. The van der Waals surface area contributed by atoms with Gasteiger partial charge in [-0.3, -0.25) is 19.4 Å². The lowest BCUT2D eigenvalue weighted by Gasteiger charge is -2.27. The van der Waals surface area contributed by atoms with Crippen LogP contribution >= 0.6 is 0 Å². The zero-order valence-corrected chi connectivity index (χ0v) is 24.2. The fraction of sp³-hybridized carbons (Fsp3) is 0.429. The molecule has 4 atom stereocenters. The molecule has 3 aromatic rings. The standard InChI is InChI=1S/C28H40N10O5/c1-15(2)23(38-24(39)19(29)11-17-13-32-14-35-17)26(41)36-21(8-5-9-33-28(30)31)25(40)37-22(27(42)43)10-16-12-34-20-7-4-3-6-18(16)20/h3-4,6-7,12-15,19,21-23,34H,5,8-11,29H2,1-2H3,(H,32,35)(H,36,41)(H,37,40)(H,38,39)(H,42,43)(H4,30,31,33). The van der Waals surface area contributed by atoms with Crippen LogP contribution in [-0.4, -0.2) is 80.4 Å². The number of carbonyl (C=O) groups is 4. The summed E-state index contributed by atoms with van der Waals surface area (Å²) in [6, 6.07) is 3.04. The van der Waals surface area contributed by atoms with E-state index in [2.05, 4.69) is 35.9 Å². The number of imidazole rings is 1. The van der Waals surface area contributed by atoms with Crippen molar-refractivity contribution in [1.82, 2.24) is 30.9 Å². The van der Waals surface area contributed by atoms with Gasteiger partial charge < -0.3 is 48.2 Å². The van der Waals surface area contributed by atoms with Crippen molar-refractivity contribution in [2.45, 2.75) is 63.7 Å². The largest absolute Gasteiger partial charge is 0.480 e. The van der Waals surface area contributed by atoms with E-state index in [0.717, 1.165) is 10.9 Å². The molecule has 15 heteroatoms. The van der Waals surface area contributed by atoms with Gasteiger partial charge in [0.1, 0.15) is 18.1 Å². The number of rotatable bonds is 16. The SMILES string of the molecule is CC(C)C(NC(=O)C(N)Cc1cnc[nH]1)C(=O)NC(CCCN=C(N)N)C(=O)NC(Cc1c[nH]c2ccccc12)C(=O)O. The summed E-state index contributed by atoms with van der Waals surface area (Å²) in [6.07, 6.45) is 5.33. The lowest BCUT2D eigenvalue weighted by molar-refractivity contribution is -0.142. The third-order valence-electron chi connectivity index (χ3n) is 6.87. The van der Waals surface area contributed by atoms with E-state index in [1.165, 1.54) is 6.33 Å². The van der Waals surface area contributed by atoms with E-state index in [9.17, 15) is 24.3 Å². The van der Waals surface area contributed by atoms with Crippen molar-refractivity contribution >= 4 is 40.6 Å². The first-order chi connectivity index (χ1) is 20.5. The average Bonchev–Trinajstić information content (AvgIpc) is 3.62. The molecule has 1 aromatic carbocycles. The predicted molar refractivity (Wildman–Crippen MR) is 160 cm³/mol. The van der Waals surface area contributed by atoms with Gasteiger partial charge in [-0.05, 0) is 30.4 Å². The molecule has 2 aromatic heterocycles. The van der Waals surface area contributed by atoms with Gasteiger partial charge in [-0.1, -0.05) is 32.0 Å². The Balaban J connectivity index is 1.73. The van der Waals surface area contributed by atoms with E-state index in [1.54, 1.807) is 26.2 Å². The van der Waals surface area contributed by atoms with Crippen molar-refractivity contribution in [2.75, 3.05) is 6.54 Å². The van der Waals surface area contributed by atoms with Crippen LogP contribution in [-0.2, 0) is 32.0 Å². The topological polar surface area (TPSA) is 259 Å². The number of hydrogen-bond acceptors (Lipinski definition) is 7. The average molecular weight is 597 g/mol. The lowest BCUT2D eigenvalue weighted by atomic mass is 10.0. The van der Waals surface area contributed by atoms with Crippen LogP contribution in [0.1, 0.15) is 37.9 Å². The Morgan fingerprint density at radius 1 is 0.977 bits per heavy atom. The van der Waals surface area contributed by atoms with Crippen LogP contribution in [0.25, 0.3) is 10.9 Å². The van der Waals surface area contributed by atoms with E-state index in [-0.39, 0.29) is 37.7 Å². The third-order valence-corrected chi connectivity index (χ3v) is 6.87. The van der Waals surface area contributed by atoms with Crippen molar-refractivity contribution in [1.29, 1.82) is 0 Å². The van der Waals surface area contributed by atoms with Gasteiger partial charge in [0, 0.05) is 48.4 Å². The van der Waals surface area contributed by atoms with Gasteiger partial charge in [-0.25, -0.2) is 9.78 Å². The highest BCUT2D eigenvalue weighted by molar-refractivity contribution is 5.94. The molecule has 0 spiro atoms. The molecule has 0 aliphatic heterocycles. The molecule has 3 rings (SSSR count). The first-order valence-corrected chi connectivity index (χ1v) is 13.9. The number of carboxylic acids is 1. The second-order valence-electron chi connectivity index (χ2n) is 10.6. The minimum absolute atomic E-state index is 0.0125. The van der Waals surface area contributed by atoms with Gasteiger partial charge in [0.2, 0.25) is 17.7 Å². The summed E-state index contributed by atoms with van der Waals surface area (Å²) in [5, 5.41) is 18.7. The Morgan fingerprint density at radius 3 is 2.35 bits per heavy atom. The summed E-state index contributed by atoms with van der Waals surface area (Å²) in [4.78, 5) is 65.5. The van der Waals surface area contributed by atoms with Crippen LogP contribution in [0, 0.1) is 5.92 Å². The van der Waals surface area contributed by atoms with Crippen LogP contribution in [0.2, 0.25) is 0 Å². The molecule has 0 saturated carbocycles. The second-order valence-corrected chi connectivity index (χ2v) is 10.6. The highest BCUT2D eigenvalue weighted by atomic mass is 16.4. The Morgan fingerprint density at radius 2 is 1.70 bits per heavy atom. The van der Waals surface area contributed by atoms with Crippen LogP contribution < -0.4 is 33.2 Å². The molecule has 3 amide bonds. The van der Waals surface area contributed by atoms with E-state index in [4.69, 9.17) is 17.2 Å². The van der Waals surface area contributed by atoms with E-state index < -0.39 is 47.9 Å². The molecule has 0 aliphatic rings. The number of carbonyl (C=O) groups excluding carboxylic acids is 3. The predicted octanol–water partition coefficient (Wildman–Crippen LogP) is -0.748. The summed E-state index contributed by atoms with van der Waals surface area (Å²) < 4.78 is 0. The summed E-state index contributed by atoms with van der Waals surface area (Å²) in [5.74, 6) is -3.59. The number of H-pyrrole nitrogens is 2. The highest BCUT2D eigenvalue weighted by Crippen LogP contribution is 2.19. The van der Waals surface area contributed by atoms with Crippen LogP contribution in [0.4, 0.5) is 0 Å². The third kappa shape index (κ3) is 9.56. The van der Waals surface area contributed by atoms with Crippen LogP contribution in [0.3, 0.4) is 0 Å². The fourth-order valence-electron chi connectivity index (χ4n) is 4.55. The molecule has 0 saturated heterocycles. The minimum Gasteiger partial charge on any atom is -0.480 e. The second kappa shape index (κ2) is 15.3. The molecular formula is C28H40N10O5. The zero-order chi connectivity index (χ0) is 31.5. The fourth-order valence-corrected chi connectivity index (χ4v) is 4.55. The number of aromatic amines is 2. The molecule has 0 radical (unpaired) electrons. The number of carboxylic acid groups (broad SMARTS) is 1. The number of fused-ring (bicyclic) bond motifs is 1. The monoisotopic (exact) mass is 596 g/mol. The molecule has 0 fully saturated rings. The number of amides is 3. The van der Waals surface area contributed by atoms with Gasteiger partial charge in [0.25, 0.3) is 0 Å². The first kappa shape index (κ1) is 32.6. The number of aliphatic imine (C=N–C) groups is 1. The summed E-state index contributed by atoms with van der Waals surface area (Å²) in [6.45, 7) is 3.66. The number of benzene rings is 1. The molecule has 12 N–H and O–H groups in total. The Kier molecular flexibility index (Phi) is 11.6. The zero-order valence-electron chi connectivity index (χ0n) is 24.2. The summed E-state index contributed by atoms with van der Waals surface area (Å²) >= 11 is 0. The minimum atomic E-state index is -1.27. The highest BCUT2D eigenvalue weighted by Gasteiger charge is 2.32. The van der Waals surface area contributed by atoms with Crippen LogP contribution in [0.5, 0.6) is 0 Å². The van der Waals surface area contributed by atoms with Crippen molar-refractivity contribution in [2.24, 2.45) is 28.1 Å². The molecule has 2 heterocycles. The van der Waals surface area contributed by atoms with E-state index in [1.807, 2.05) is 24.3 Å². The Hall–Kier alpha value is -4.92. The number of guanidine groups is 1. The van der Waals surface area contributed by atoms with Gasteiger partial charge >= 0.3 is 5.97 Å². The maximum absolute atomic E-state index is 13.4. The number of para-hydroxylation sites is 1. The van der Waals surface area contributed by atoms with Gasteiger partial charge in [0.05, 0.1) is 12.4 Å². The molecule has 4 unspecified atom stereocenters. The number of nitrogens with zero attached hydrogens (tertiary/aromatic N) is 2. The number of aromatic nitrogens is 3. The Bertz CT molecular complexity index is 1410. The van der Waals surface area contributed by atoms with Crippen molar-refractivity contribution < 1.29 is 24.3 Å². The smallest absolute Gasteiger partial charge is 0.326 e. The van der Waals surface area contributed by atoms with Gasteiger partial charge in [0.15, 0.2) is 5.96 Å². The maximum Gasteiger partial charge on any atom is 0.326 e. The van der Waals surface area contributed by atoms with Gasteiger partial charge in [-0.2, -0.15) is 0 Å². The van der Waals surface area contributed by atoms with Gasteiger partial charge in [-0.15, -0.1) is 0 Å². The molecule has 0 aliphatic carbocycles. The number of hydrogen-bond donors (Lipinski definition) is 9. The van der Waals surface area contributed by atoms with E-state index in [0.29, 0.717) is 17.7 Å². The number of aliphatic carboxylic acids is 1. The number of nitrogens with two attached hydrogens (primary N) is 3. The first-order valence-electron chi connectivity index (χ1n) is 13.9. The Labute approximate surface area is 248 Å². The van der Waals surface area contributed by atoms with E-state index >= 15 is 0 Å². The maximum atomic E-state index is 13.4. The molecule has 232 valence electrons. The lowest BCUT2D eigenvalue weighted by Crippen LogP contribution is -2.58. The normalized spacial score (nSPS) is 14.0. The quantitative estimate of drug-likeness (QED) is 0.0571.